The number of carbonyl (C=O) groups excluding carboxylic acids is 1. The minimum absolute atomic E-state index is 0.313. The zero-order chi connectivity index (χ0) is 19.6. The lowest BCUT2D eigenvalue weighted by Gasteiger charge is -2.13. The predicted octanol–water partition coefficient (Wildman–Crippen LogP) is 3.37. The topological polar surface area (TPSA) is 92.9 Å². The molecule has 0 radical (unpaired) electrons. The fourth-order valence-corrected chi connectivity index (χ4v) is 2.22. The molecule has 0 aliphatic heterocycles. The number of pyridine rings is 1. The Kier molecular flexibility index (Phi) is 7.63. The third-order valence-electron chi connectivity index (χ3n) is 3.48. The second kappa shape index (κ2) is 10.2. The number of rotatable bonds is 9. The molecule has 27 heavy (non-hydrogen) atoms. The zero-order valence-corrected chi connectivity index (χ0v) is 15.7. The van der Waals surface area contributed by atoms with E-state index < -0.39 is 5.97 Å². The average molecular weight is 372 g/mol. The van der Waals surface area contributed by atoms with E-state index in [0.717, 1.165) is 5.56 Å². The maximum atomic E-state index is 11.6. The van der Waals surface area contributed by atoms with Crippen molar-refractivity contribution in [3.8, 4) is 17.4 Å². The number of hydrogen-bond acceptors (Lipinski definition) is 7. The van der Waals surface area contributed by atoms with Gasteiger partial charge in [-0.3, -0.25) is 0 Å². The summed E-state index contributed by atoms with van der Waals surface area (Å²) < 4.78 is 21.5. The molecule has 1 heterocycles. The van der Waals surface area contributed by atoms with E-state index in [1.807, 2.05) is 6.92 Å². The van der Waals surface area contributed by atoms with Gasteiger partial charge in [-0.15, -0.1) is 0 Å². The van der Waals surface area contributed by atoms with Crippen LogP contribution >= 0.6 is 0 Å². The summed E-state index contributed by atoms with van der Waals surface area (Å²) in [4.78, 5) is 15.8. The zero-order valence-electron chi connectivity index (χ0n) is 15.7. The Hall–Kier alpha value is -3.06. The van der Waals surface area contributed by atoms with Crippen molar-refractivity contribution in [1.82, 2.24) is 4.98 Å². The quantitative estimate of drug-likeness (QED) is 0.410. The number of ether oxygens (including phenoxy) is 4. The van der Waals surface area contributed by atoms with E-state index in [2.05, 4.69) is 4.98 Å². The SMILES string of the molecule is CCOC(=O)/C=C/c1ccc(OCCOC)cc1Oc1ncc(N)cc1C. The van der Waals surface area contributed by atoms with Crippen LogP contribution in [0.2, 0.25) is 0 Å². The molecule has 0 saturated carbocycles. The summed E-state index contributed by atoms with van der Waals surface area (Å²) in [6.45, 7) is 4.80. The lowest BCUT2D eigenvalue weighted by molar-refractivity contribution is -0.137. The number of aryl methyl sites for hydroxylation is 1. The van der Waals surface area contributed by atoms with Crippen molar-refractivity contribution in [3.63, 3.8) is 0 Å². The van der Waals surface area contributed by atoms with Crippen molar-refractivity contribution in [1.29, 1.82) is 0 Å². The highest BCUT2D eigenvalue weighted by Gasteiger charge is 2.10. The van der Waals surface area contributed by atoms with Gasteiger partial charge in [0.2, 0.25) is 5.88 Å². The van der Waals surface area contributed by atoms with Crippen molar-refractivity contribution in [2.75, 3.05) is 32.7 Å². The number of anilines is 1. The Morgan fingerprint density at radius 2 is 2.07 bits per heavy atom. The number of aromatic nitrogens is 1. The molecule has 0 saturated heterocycles. The van der Waals surface area contributed by atoms with E-state index in [-0.39, 0.29) is 0 Å². The minimum atomic E-state index is -0.425. The number of methoxy groups -OCH3 is 1. The average Bonchev–Trinajstić information content (AvgIpc) is 2.64. The van der Waals surface area contributed by atoms with Crippen molar-refractivity contribution in [2.24, 2.45) is 0 Å². The minimum Gasteiger partial charge on any atom is -0.491 e. The molecule has 1 aromatic heterocycles. The van der Waals surface area contributed by atoms with Crippen LogP contribution in [0.5, 0.6) is 17.4 Å². The van der Waals surface area contributed by atoms with Crippen molar-refractivity contribution < 1.29 is 23.7 Å². The van der Waals surface area contributed by atoms with Crippen LogP contribution in [0, 0.1) is 6.92 Å². The summed E-state index contributed by atoms with van der Waals surface area (Å²) in [6.07, 6.45) is 4.49. The highest BCUT2D eigenvalue weighted by atomic mass is 16.5. The Labute approximate surface area is 158 Å². The first-order valence-corrected chi connectivity index (χ1v) is 8.54. The Morgan fingerprint density at radius 3 is 2.78 bits per heavy atom. The molecule has 0 spiro atoms. The van der Waals surface area contributed by atoms with E-state index in [0.29, 0.717) is 48.5 Å². The molecule has 0 amide bonds. The molecule has 0 bridgehead atoms. The van der Waals surface area contributed by atoms with Gasteiger partial charge in [0.25, 0.3) is 0 Å². The van der Waals surface area contributed by atoms with Crippen LogP contribution in [-0.4, -0.2) is 37.9 Å². The smallest absolute Gasteiger partial charge is 0.330 e. The Morgan fingerprint density at radius 1 is 1.26 bits per heavy atom. The van der Waals surface area contributed by atoms with Gasteiger partial charge < -0.3 is 24.7 Å². The van der Waals surface area contributed by atoms with E-state index in [1.54, 1.807) is 44.4 Å². The molecule has 2 aromatic rings. The van der Waals surface area contributed by atoms with Crippen LogP contribution in [0.1, 0.15) is 18.1 Å². The maximum Gasteiger partial charge on any atom is 0.330 e. The first kappa shape index (κ1) is 20.3. The van der Waals surface area contributed by atoms with Gasteiger partial charge >= 0.3 is 5.97 Å². The Bertz CT molecular complexity index is 805. The highest BCUT2D eigenvalue weighted by Crippen LogP contribution is 2.31. The fraction of sp³-hybridized carbons (Fsp3) is 0.300. The summed E-state index contributed by atoms with van der Waals surface area (Å²) in [6, 6.07) is 7.09. The summed E-state index contributed by atoms with van der Waals surface area (Å²) in [5.74, 6) is 1.10. The number of nitrogens with two attached hydrogens (primary N) is 1. The molecule has 0 aliphatic carbocycles. The lowest BCUT2D eigenvalue weighted by Crippen LogP contribution is -2.04. The number of benzene rings is 1. The molecule has 2 N–H and O–H groups in total. The number of nitrogens with zero attached hydrogens (tertiary/aromatic N) is 1. The monoisotopic (exact) mass is 372 g/mol. The third kappa shape index (κ3) is 6.31. The summed E-state index contributed by atoms with van der Waals surface area (Å²) in [5, 5.41) is 0. The van der Waals surface area contributed by atoms with E-state index in [1.165, 1.54) is 12.3 Å². The highest BCUT2D eigenvalue weighted by molar-refractivity contribution is 5.87. The van der Waals surface area contributed by atoms with E-state index in [4.69, 9.17) is 24.7 Å². The van der Waals surface area contributed by atoms with Crippen molar-refractivity contribution in [3.05, 3.63) is 47.7 Å². The molecule has 7 nitrogen and oxygen atoms in total. The van der Waals surface area contributed by atoms with Gasteiger partial charge in [-0.25, -0.2) is 9.78 Å². The van der Waals surface area contributed by atoms with Crippen LogP contribution in [-0.2, 0) is 14.3 Å². The molecule has 0 fully saturated rings. The second-order valence-electron chi connectivity index (χ2n) is 5.62. The molecular weight excluding hydrogens is 348 g/mol. The summed E-state index contributed by atoms with van der Waals surface area (Å²) in [7, 11) is 1.61. The molecule has 2 rings (SSSR count). The third-order valence-corrected chi connectivity index (χ3v) is 3.48. The number of nitrogen functional groups attached to an aromatic ring is 1. The van der Waals surface area contributed by atoms with Gasteiger partial charge in [0.05, 0.1) is 25.1 Å². The molecule has 144 valence electrons. The standard InChI is InChI=1S/C20H24N2O5/c1-4-25-19(23)8-6-15-5-7-17(26-10-9-24-3)12-18(15)27-20-14(2)11-16(21)13-22-20/h5-8,11-13H,4,9-10,21H2,1-3H3/b8-6+. The molecular formula is C20H24N2O5. The molecule has 0 atom stereocenters. The Balaban J connectivity index is 2.30. The van der Waals surface area contributed by atoms with Gasteiger partial charge in [0.15, 0.2) is 0 Å². The van der Waals surface area contributed by atoms with Crippen molar-refractivity contribution in [2.45, 2.75) is 13.8 Å². The van der Waals surface area contributed by atoms with Gasteiger partial charge in [0.1, 0.15) is 18.1 Å². The molecule has 0 unspecified atom stereocenters. The van der Waals surface area contributed by atoms with Crippen LogP contribution in [0.3, 0.4) is 0 Å². The van der Waals surface area contributed by atoms with Crippen LogP contribution < -0.4 is 15.2 Å². The summed E-state index contributed by atoms with van der Waals surface area (Å²) >= 11 is 0. The number of hydrogen-bond donors (Lipinski definition) is 1. The van der Waals surface area contributed by atoms with Gasteiger partial charge in [-0.2, -0.15) is 0 Å². The number of esters is 1. The van der Waals surface area contributed by atoms with Gasteiger partial charge in [0, 0.05) is 30.4 Å². The van der Waals surface area contributed by atoms with E-state index >= 15 is 0 Å². The van der Waals surface area contributed by atoms with Gasteiger partial charge in [-0.1, -0.05) is 0 Å². The first-order valence-electron chi connectivity index (χ1n) is 8.54. The largest absolute Gasteiger partial charge is 0.491 e. The lowest BCUT2D eigenvalue weighted by atomic mass is 10.1. The van der Waals surface area contributed by atoms with Crippen LogP contribution in [0.4, 0.5) is 5.69 Å². The molecule has 0 aliphatic rings. The van der Waals surface area contributed by atoms with Crippen LogP contribution in [0.25, 0.3) is 6.08 Å². The normalized spacial score (nSPS) is 10.8. The number of carbonyl (C=O) groups is 1. The molecule has 7 heteroatoms. The maximum absolute atomic E-state index is 11.6. The predicted molar refractivity (Wildman–Crippen MR) is 103 cm³/mol. The first-order chi connectivity index (χ1) is 13.0. The van der Waals surface area contributed by atoms with Crippen molar-refractivity contribution >= 4 is 17.7 Å². The second-order valence-corrected chi connectivity index (χ2v) is 5.62. The summed E-state index contributed by atoms with van der Waals surface area (Å²) in [5.41, 5.74) is 7.77. The van der Waals surface area contributed by atoms with Gasteiger partial charge in [-0.05, 0) is 38.1 Å². The van der Waals surface area contributed by atoms with Crippen LogP contribution in [0.15, 0.2) is 36.5 Å². The molecule has 1 aromatic carbocycles. The fourth-order valence-electron chi connectivity index (χ4n) is 2.22. The van der Waals surface area contributed by atoms with E-state index in [9.17, 15) is 4.79 Å².